The molecule has 0 aromatic carbocycles. The lowest BCUT2D eigenvalue weighted by Crippen LogP contribution is -2.45. The monoisotopic (exact) mass is 535 g/mol. The molecule has 0 radical (unpaired) electrons. The predicted octanol–water partition coefficient (Wildman–Crippen LogP) is 9.34. The summed E-state index contributed by atoms with van der Waals surface area (Å²) in [7, 11) is 0. The molecule has 0 aliphatic rings. The minimum atomic E-state index is -0.853. The van der Waals surface area contributed by atoms with Gasteiger partial charge in [-0.15, -0.1) is 0 Å². The Hall–Kier alpha value is -1.13. The van der Waals surface area contributed by atoms with Gasteiger partial charge in [-0.05, 0) is 25.7 Å². The second kappa shape index (κ2) is 30.4. The van der Waals surface area contributed by atoms with E-state index in [9.17, 15) is 15.0 Å². The number of carbonyl (C=O) groups excluding carboxylic acids is 1. The van der Waals surface area contributed by atoms with Gasteiger partial charge in [-0.25, -0.2) is 0 Å². The molecule has 0 rings (SSSR count). The molecule has 3 N–H and O–H groups in total. The van der Waals surface area contributed by atoms with Crippen LogP contribution in [-0.2, 0) is 4.79 Å². The molecule has 0 saturated carbocycles. The Balaban J connectivity index is 3.57. The smallest absolute Gasteiger partial charge is 0.220 e. The van der Waals surface area contributed by atoms with Crippen LogP contribution < -0.4 is 5.32 Å². The first-order chi connectivity index (χ1) is 18.7. The average molecular weight is 536 g/mol. The van der Waals surface area contributed by atoms with E-state index in [0.29, 0.717) is 6.42 Å². The van der Waals surface area contributed by atoms with Gasteiger partial charge >= 0.3 is 0 Å². The third kappa shape index (κ3) is 26.5. The molecule has 4 nitrogen and oxygen atoms in total. The summed E-state index contributed by atoms with van der Waals surface area (Å²) < 4.78 is 0. The summed E-state index contributed by atoms with van der Waals surface area (Å²) in [6.45, 7) is 4.21. The largest absolute Gasteiger partial charge is 0.394 e. The quantitative estimate of drug-likeness (QED) is 0.0660. The van der Waals surface area contributed by atoms with Crippen LogP contribution in [0.4, 0.5) is 0 Å². The van der Waals surface area contributed by atoms with Crippen molar-refractivity contribution >= 4 is 5.91 Å². The molecular weight excluding hydrogens is 470 g/mol. The van der Waals surface area contributed by atoms with Crippen LogP contribution in [0.3, 0.4) is 0 Å². The number of carbonyl (C=O) groups is 1. The van der Waals surface area contributed by atoms with Gasteiger partial charge in [-0.3, -0.25) is 4.79 Å². The third-order valence-electron chi connectivity index (χ3n) is 7.44. The van der Waals surface area contributed by atoms with Gasteiger partial charge in [0.1, 0.15) is 0 Å². The van der Waals surface area contributed by atoms with E-state index in [2.05, 4.69) is 31.3 Å². The molecule has 0 spiro atoms. The van der Waals surface area contributed by atoms with Crippen molar-refractivity contribution in [3.8, 4) is 0 Å². The Morgan fingerprint density at radius 2 is 1.03 bits per heavy atom. The number of amides is 1. The molecule has 2 unspecified atom stereocenters. The highest BCUT2D eigenvalue weighted by molar-refractivity contribution is 5.76. The SMILES string of the molecule is CCCC/C=C/CC/C=C/C(O)C(CO)NC(=O)CCCCCCCCCCCCCCCCCCCC. The number of aliphatic hydroxyl groups is 2. The van der Waals surface area contributed by atoms with E-state index in [0.717, 1.165) is 32.1 Å². The lowest BCUT2D eigenvalue weighted by molar-refractivity contribution is -0.123. The molecule has 0 aromatic heterocycles. The number of allylic oxidation sites excluding steroid dienone is 3. The fourth-order valence-corrected chi connectivity index (χ4v) is 4.83. The van der Waals surface area contributed by atoms with Gasteiger partial charge < -0.3 is 15.5 Å². The maximum absolute atomic E-state index is 12.2. The average Bonchev–Trinajstić information content (AvgIpc) is 2.92. The van der Waals surface area contributed by atoms with Crippen molar-refractivity contribution in [1.82, 2.24) is 5.32 Å². The lowest BCUT2D eigenvalue weighted by atomic mass is 10.0. The van der Waals surface area contributed by atoms with Crippen LogP contribution in [0.1, 0.15) is 168 Å². The van der Waals surface area contributed by atoms with Crippen LogP contribution in [0, 0.1) is 0 Å². The number of rotatable bonds is 29. The normalized spacial score (nSPS) is 13.5. The van der Waals surface area contributed by atoms with E-state index < -0.39 is 12.1 Å². The minimum absolute atomic E-state index is 0.0770. The van der Waals surface area contributed by atoms with E-state index in [4.69, 9.17) is 0 Å². The zero-order valence-corrected chi connectivity index (χ0v) is 25.4. The summed E-state index contributed by atoms with van der Waals surface area (Å²) >= 11 is 0. The van der Waals surface area contributed by atoms with Gasteiger partial charge in [0, 0.05) is 6.42 Å². The molecule has 2 atom stereocenters. The Morgan fingerprint density at radius 3 is 1.50 bits per heavy atom. The van der Waals surface area contributed by atoms with Crippen LogP contribution in [0.2, 0.25) is 0 Å². The standard InChI is InChI=1S/C34H65NO3/c1-3-5-7-9-11-13-14-15-16-17-18-19-20-21-22-24-26-28-30-34(38)35-32(31-36)33(37)29-27-25-23-12-10-8-6-4-2/h10,12,27,29,32-33,36-37H,3-9,11,13-26,28,30-31H2,1-2H3,(H,35,38)/b12-10+,29-27+. The summed E-state index contributed by atoms with van der Waals surface area (Å²) in [5, 5.41) is 22.6. The molecule has 0 aromatic rings. The maximum Gasteiger partial charge on any atom is 0.220 e. The molecule has 38 heavy (non-hydrogen) atoms. The van der Waals surface area contributed by atoms with Crippen molar-refractivity contribution in [2.45, 2.75) is 180 Å². The van der Waals surface area contributed by atoms with E-state index in [1.165, 1.54) is 116 Å². The first kappa shape index (κ1) is 36.9. The Morgan fingerprint density at radius 1 is 0.605 bits per heavy atom. The van der Waals surface area contributed by atoms with Gasteiger partial charge in [0.25, 0.3) is 0 Å². The van der Waals surface area contributed by atoms with Gasteiger partial charge in [0.15, 0.2) is 0 Å². The van der Waals surface area contributed by atoms with Gasteiger partial charge in [-0.2, -0.15) is 0 Å². The van der Waals surface area contributed by atoms with Crippen molar-refractivity contribution in [2.24, 2.45) is 0 Å². The second-order valence-corrected chi connectivity index (χ2v) is 11.2. The molecule has 0 fully saturated rings. The van der Waals surface area contributed by atoms with Gasteiger partial charge in [0.2, 0.25) is 5.91 Å². The number of hydrogen-bond donors (Lipinski definition) is 3. The molecule has 4 heteroatoms. The van der Waals surface area contributed by atoms with Crippen LogP contribution in [-0.4, -0.2) is 34.9 Å². The molecule has 0 aliphatic heterocycles. The maximum atomic E-state index is 12.2. The van der Waals surface area contributed by atoms with Crippen molar-refractivity contribution in [3.05, 3.63) is 24.3 Å². The number of nitrogens with one attached hydrogen (secondary N) is 1. The summed E-state index contributed by atoms with van der Waals surface area (Å²) in [6, 6.07) is -0.630. The number of unbranched alkanes of at least 4 members (excludes halogenated alkanes) is 20. The zero-order chi connectivity index (χ0) is 27.9. The number of aliphatic hydroxyl groups excluding tert-OH is 2. The summed E-state index contributed by atoms with van der Waals surface area (Å²) in [5.41, 5.74) is 0. The summed E-state index contributed by atoms with van der Waals surface area (Å²) in [5.74, 6) is -0.0770. The molecule has 0 bridgehead atoms. The fourth-order valence-electron chi connectivity index (χ4n) is 4.83. The fraction of sp³-hybridized carbons (Fsp3) is 0.853. The van der Waals surface area contributed by atoms with Crippen molar-refractivity contribution in [2.75, 3.05) is 6.61 Å². The van der Waals surface area contributed by atoms with Crippen molar-refractivity contribution in [1.29, 1.82) is 0 Å². The Labute approximate surface area is 237 Å². The van der Waals surface area contributed by atoms with E-state index >= 15 is 0 Å². The van der Waals surface area contributed by atoms with Crippen molar-refractivity contribution < 1.29 is 15.0 Å². The summed E-state index contributed by atoms with van der Waals surface area (Å²) in [4.78, 5) is 12.2. The highest BCUT2D eigenvalue weighted by Gasteiger charge is 2.17. The van der Waals surface area contributed by atoms with Crippen molar-refractivity contribution in [3.63, 3.8) is 0 Å². The zero-order valence-electron chi connectivity index (χ0n) is 25.4. The molecule has 1 amide bonds. The topological polar surface area (TPSA) is 69.6 Å². The van der Waals surface area contributed by atoms with E-state index in [1.807, 2.05) is 6.08 Å². The molecular formula is C34H65NO3. The lowest BCUT2D eigenvalue weighted by Gasteiger charge is -2.19. The van der Waals surface area contributed by atoms with Gasteiger partial charge in [0.05, 0.1) is 18.8 Å². The molecule has 224 valence electrons. The van der Waals surface area contributed by atoms with Crippen LogP contribution in [0.15, 0.2) is 24.3 Å². The first-order valence-electron chi connectivity index (χ1n) is 16.6. The predicted molar refractivity (Wildman–Crippen MR) is 165 cm³/mol. The highest BCUT2D eigenvalue weighted by Crippen LogP contribution is 2.14. The van der Waals surface area contributed by atoms with Crippen LogP contribution in [0.25, 0.3) is 0 Å². The van der Waals surface area contributed by atoms with Gasteiger partial charge in [-0.1, -0.05) is 160 Å². The molecule has 0 saturated heterocycles. The Kier molecular flexibility index (Phi) is 29.5. The molecule has 0 heterocycles. The summed E-state index contributed by atoms with van der Waals surface area (Å²) in [6.07, 6.45) is 37.0. The molecule has 0 aliphatic carbocycles. The van der Waals surface area contributed by atoms with Crippen LogP contribution >= 0.6 is 0 Å². The Bertz CT molecular complexity index is 546. The second-order valence-electron chi connectivity index (χ2n) is 11.2. The third-order valence-corrected chi connectivity index (χ3v) is 7.44. The van der Waals surface area contributed by atoms with E-state index in [-0.39, 0.29) is 12.5 Å². The number of hydrogen-bond acceptors (Lipinski definition) is 3. The van der Waals surface area contributed by atoms with E-state index in [1.54, 1.807) is 6.08 Å². The highest BCUT2D eigenvalue weighted by atomic mass is 16.3. The minimum Gasteiger partial charge on any atom is -0.394 e. The van der Waals surface area contributed by atoms with Crippen LogP contribution in [0.5, 0.6) is 0 Å². The first-order valence-corrected chi connectivity index (χ1v) is 16.6.